The van der Waals surface area contributed by atoms with Gasteiger partial charge in [-0.05, 0) is 55.8 Å². The highest BCUT2D eigenvalue weighted by Crippen LogP contribution is 2.27. The van der Waals surface area contributed by atoms with Crippen LogP contribution in [0.2, 0.25) is 0 Å². The highest BCUT2D eigenvalue weighted by Gasteiger charge is 2.29. The molecule has 0 aromatic heterocycles. The lowest BCUT2D eigenvalue weighted by Gasteiger charge is -2.32. The van der Waals surface area contributed by atoms with Crippen LogP contribution in [0.15, 0.2) is 29.2 Å². The van der Waals surface area contributed by atoms with Crippen molar-refractivity contribution in [2.75, 3.05) is 25.9 Å². The summed E-state index contributed by atoms with van der Waals surface area (Å²) in [4.78, 5) is 2.62. The molecule has 0 saturated carbocycles. The number of benzene rings is 1. The summed E-state index contributed by atoms with van der Waals surface area (Å²) in [6.45, 7) is 8.95. The first-order valence-electron chi connectivity index (χ1n) is 8.33. The van der Waals surface area contributed by atoms with Crippen molar-refractivity contribution in [3.05, 3.63) is 29.8 Å². The van der Waals surface area contributed by atoms with Crippen LogP contribution in [0.5, 0.6) is 0 Å². The number of sulfone groups is 1. The third-order valence-electron chi connectivity index (χ3n) is 4.75. The summed E-state index contributed by atoms with van der Waals surface area (Å²) in [6.07, 6.45) is 3.59. The van der Waals surface area contributed by atoms with Crippen LogP contribution in [0.3, 0.4) is 0 Å². The standard InChI is InChI=1S/C18H29NO3S/c1-14-9-10-19(12-15(2)11-14)13-18(3,20)16-5-7-17(8-6-16)23(4,21)22/h5-8,14-15,20H,9-13H2,1-4H3. The molecule has 1 heterocycles. The Bertz CT molecular complexity index is 622. The smallest absolute Gasteiger partial charge is 0.175 e. The zero-order valence-electron chi connectivity index (χ0n) is 14.6. The molecule has 1 aromatic carbocycles. The number of likely N-dealkylation sites (tertiary alicyclic amines) is 1. The Morgan fingerprint density at radius 1 is 1.22 bits per heavy atom. The van der Waals surface area contributed by atoms with Gasteiger partial charge in [-0.2, -0.15) is 0 Å². The first-order valence-corrected chi connectivity index (χ1v) is 10.2. The fourth-order valence-electron chi connectivity index (χ4n) is 3.55. The topological polar surface area (TPSA) is 57.6 Å². The maximum Gasteiger partial charge on any atom is 0.175 e. The number of hydrogen-bond donors (Lipinski definition) is 1. The lowest BCUT2D eigenvalue weighted by Crippen LogP contribution is -2.40. The molecule has 1 fully saturated rings. The molecule has 1 aromatic rings. The van der Waals surface area contributed by atoms with Gasteiger partial charge in [0.05, 0.1) is 10.5 Å². The quantitative estimate of drug-likeness (QED) is 0.916. The summed E-state index contributed by atoms with van der Waals surface area (Å²) in [5, 5.41) is 10.9. The van der Waals surface area contributed by atoms with Gasteiger partial charge in [0, 0.05) is 19.3 Å². The van der Waals surface area contributed by atoms with Gasteiger partial charge in [-0.15, -0.1) is 0 Å². The normalized spacial score (nSPS) is 26.5. The molecular formula is C18H29NO3S. The van der Waals surface area contributed by atoms with Crippen molar-refractivity contribution >= 4 is 9.84 Å². The summed E-state index contributed by atoms with van der Waals surface area (Å²) in [7, 11) is -3.20. The van der Waals surface area contributed by atoms with Crippen LogP contribution in [-0.4, -0.2) is 44.3 Å². The zero-order valence-corrected chi connectivity index (χ0v) is 15.4. The van der Waals surface area contributed by atoms with E-state index in [2.05, 4.69) is 18.7 Å². The summed E-state index contributed by atoms with van der Waals surface area (Å²) < 4.78 is 23.1. The van der Waals surface area contributed by atoms with E-state index in [1.807, 2.05) is 0 Å². The van der Waals surface area contributed by atoms with Gasteiger partial charge in [-0.1, -0.05) is 26.0 Å². The largest absolute Gasteiger partial charge is 0.384 e. The lowest BCUT2D eigenvalue weighted by molar-refractivity contribution is 0.0139. The molecule has 0 aliphatic carbocycles. The number of nitrogens with zero attached hydrogens (tertiary/aromatic N) is 1. The van der Waals surface area contributed by atoms with Gasteiger partial charge in [0.2, 0.25) is 0 Å². The number of hydrogen-bond acceptors (Lipinski definition) is 4. The highest BCUT2D eigenvalue weighted by molar-refractivity contribution is 7.90. The third kappa shape index (κ3) is 5.03. The Balaban J connectivity index is 2.11. The summed E-state index contributed by atoms with van der Waals surface area (Å²) in [6, 6.07) is 6.60. The number of aliphatic hydroxyl groups is 1. The monoisotopic (exact) mass is 339 g/mol. The average molecular weight is 340 g/mol. The fraction of sp³-hybridized carbons (Fsp3) is 0.667. The van der Waals surface area contributed by atoms with E-state index < -0.39 is 15.4 Å². The molecule has 1 aliphatic rings. The highest BCUT2D eigenvalue weighted by atomic mass is 32.2. The second-order valence-electron chi connectivity index (χ2n) is 7.54. The molecule has 2 rings (SSSR count). The molecule has 3 unspecified atom stereocenters. The van der Waals surface area contributed by atoms with Crippen molar-refractivity contribution in [1.82, 2.24) is 4.90 Å². The van der Waals surface area contributed by atoms with Crippen molar-refractivity contribution in [2.24, 2.45) is 11.8 Å². The Kier molecular flexibility index (Phi) is 5.54. The van der Waals surface area contributed by atoms with Crippen LogP contribution >= 0.6 is 0 Å². The molecule has 130 valence electrons. The maximum atomic E-state index is 11.5. The van der Waals surface area contributed by atoms with Gasteiger partial charge in [0.25, 0.3) is 0 Å². The van der Waals surface area contributed by atoms with Gasteiger partial charge in [-0.3, -0.25) is 4.90 Å². The maximum absolute atomic E-state index is 11.5. The minimum Gasteiger partial charge on any atom is -0.384 e. The van der Waals surface area contributed by atoms with Gasteiger partial charge in [-0.25, -0.2) is 8.42 Å². The van der Waals surface area contributed by atoms with E-state index in [0.717, 1.165) is 31.0 Å². The molecule has 0 amide bonds. The SMILES string of the molecule is CC1CCN(CC(C)(O)c2ccc(S(C)(=O)=O)cc2)CC(C)C1. The van der Waals surface area contributed by atoms with Gasteiger partial charge >= 0.3 is 0 Å². The second kappa shape index (κ2) is 6.91. The Morgan fingerprint density at radius 3 is 2.39 bits per heavy atom. The molecule has 3 atom stereocenters. The second-order valence-corrected chi connectivity index (χ2v) is 9.56. The van der Waals surface area contributed by atoms with Crippen LogP contribution in [0.4, 0.5) is 0 Å². The summed E-state index contributed by atoms with van der Waals surface area (Å²) in [5.41, 5.74) is -0.224. The van der Waals surface area contributed by atoms with Crippen LogP contribution in [0, 0.1) is 11.8 Å². The fourth-order valence-corrected chi connectivity index (χ4v) is 4.18. The van der Waals surface area contributed by atoms with E-state index in [9.17, 15) is 13.5 Å². The summed E-state index contributed by atoms with van der Waals surface area (Å²) in [5.74, 6) is 1.37. The van der Waals surface area contributed by atoms with Crippen molar-refractivity contribution in [2.45, 2.75) is 44.1 Å². The average Bonchev–Trinajstić information content (AvgIpc) is 2.58. The predicted molar refractivity (Wildman–Crippen MR) is 93.1 cm³/mol. The molecule has 0 bridgehead atoms. The molecular weight excluding hydrogens is 310 g/mol. The molecule has 0 radical (unpaired) electrons. The molecule has 0 spiro atoms. The minimum atomic E-state index is -3.20. The number of β-amino-alcohol motifs (C(OH)–C–C–N with tert-alkyl or cyclic N) is 1. The first-order chi connectivity index (χ1) is 10.6. The molecule has 4 nitrogen and oxygen atoms in total. The molecule has 23 heavy (non-hydrogen) atoms. The lowest BCUT2D eigenvalue weighted by atomic mass is 9.95. The van der Waals surface area contributed by atoms with E-state index >= 15 is 0 Å². The third-order valence-corrected chi connectivity index (χ3v) is 5.88. The number of rotatable bonds is 4. The first kappa shape index (κ1) is 18.4. The van der Waals surface area contributed by atoms with E-state index in [4.69, 9.17) is 0 Å². The van der Waals surface area contributed by atoms with E-state index in [1.165, 1.54) is 12.7 Å². The molecule has 1 N–H and O–H groups in total. The van der Waals surface area contributed by atoms with Crippen LogP contribution in [-0.2, 0) is 15.4 Å². The van der Waals surface area contributed by atoms with Crippen LogP contribution in [0.25, 0.3) is 0 Å². The Morgan fingerprint density at radius 2 is 1.83 bits per heavy atom. The van der Waals surface area contributed by atoms with Gasteiger partial charge < -0.3 is 5.11 Å². The van der Waals surface area contributed by atoms with Gasteiger partial charge in [0.15, 0.2) is 9.84 Å². The van der Waals surface area contributed by atoms with Crippen molar-refractivity contribution < 1.29 is 13.5 Å². The van der Waals surface area contributed by atoms with Crippen molar-refractivity contribution in [1.29, 1.82) is 0 Å². The van der Waals surface area contributed by atoms with E-state index in [1.54, 1.807) is 31.2 Å². The van der Waals surface area contributed by atoms with Crippen molar-refractivity contribution in [3.8, 4) is 0 Å². The van der Waals surface area contributed by atoms with E-state index in [-0.39, 0.29) is 4.90 Å². The van der Waals surface area contributed by atoms with Crippen LogP contribution in [0.1, 0.15) is 39.2 Å². The minimum absolute atomic E-state index is 0.286. The summed E-state index contributed by atoms with van der Waals surface area (Å²) >= 11 is 0. The molecule has 1 aliphatic heterocycles. The molecule has 5 heteroatoms. The Labute approximate surface area is 140 Å². The zero-order chi connectivity index (χ0) is 17.3. The van der Waals surface area contributed by atoms with E-state index in [0.29, 0.717) is 12.5 Å². The molecule has 1 saturated heterocycles. The van der Waals surface area contributed by atoms with Crippen molar-refractivity contribution in [3.63, 3.8) is 0 Å². The predicted octanol–water partition coefficient (Wildman–Crippen LogP) is 2.67. The van der Waals surface area contributed by atoms with Crippen LogP contribution < -0.4 is 0 Å². The Hall–Kier alpha value is -0.910. The van der Waals surface area contributed by atoms with Gasteiger partial charge in [0.1, 0.15) is 0 Å².